The summed E-state index contributed by atoms with van der Waals surface area (Å²) in [5.74, 6) is 1.92. The molecule has 2 aliphatic rings. The number of thiophene rings is 1. The highest BCUT2D eigenvalue weighted by molar-refractivity contribution is 7.15. The smallest absolute Gasteiger partial charge is 0.226 e. The lowest BCUT2D eigenvalue weighted by molar-refractivity contribution is -0.134. The van der Waals surface area contributed by atoms with E-state index < -0.39 is 0 Å². The number of nitrogens with one attached hydrogen (secondary N) is 1. The van der Waals surface area contributed by atoms with Gasteiger partial charge < -0.3 is 4.90 Å². The minimum Gasteiger partial charge on any atom is -0.341 e. The molecule has 35 heavy (non-hydrogen) atoms. The quantitative estimate of drug-likeness (QED) is 0.432. The zero-order valence-corrected chi connectivity index (χ0v) is 21.2. The molecule has 0 unspecified atom stereocenters. The number of amides is 1. The predicted octanol–water partition coefficient (Wildman–Crippen LogP) is 4.86. The molecule has 3 heterocycles. The summed E-state index contributed by atoms with van der Waals surface area (Å²) in [6.07, 6.45) is 1.50. The van der Waals surface area contributed by atoms with Crippen LogP contribution in [-0.2, 0) is 30.7 Å². The van der Waals surface area contributed by atoms with Crippen molar-refractivity contribution in [3.63, 3.8) is 0 Å². The number of halogens is 1. The molecule has 0 bridgehead atoms. The zero-order chi connectivity index (χ0) is 24.1. The van der Waals surface area contributed by atoms with Crippen LogP contribution in [-0.4, -0.2) is 32.6 Å². The Kier molecular flexibility index (Phi) is 5.71. The first-order valence-electron chi connectivity index (χ1n) is 11.8. The van der Waals surface area contributed by atoms with E-state index in [0.717, 1.165) is 45.6 Å². The van der Waals surface area contributed by atoms with Crippen molar-refractivity contribution in [2.75, 3.05) is 7.05 Å². The van der Waals surface area contributed by atoms with Crippen molar-refractivity contribution in [2.45, 2.75) is 38.9 Å². The largest absolute Gasteiger partial charge is 0.341 e. The molecule has 0 radical (unpaired) electrons. The van der Waals surface area contributed by atoms with Crippen molar-refractivity contribution < 1.29 is 4.79 Å². The van der Waals surface area contributed by atoms with E-state index in [-0.39, 0.29) is 17.9 Å². The van der Waals surface area contributed by atoms with E-state index in [1.54, 1.807) is 11.3 Å². The monoisotopic (exact) mass is 503 g/mol. The minimum absolute atomic E-state index is 0.0492. The second-order valence-corrected chi connectivity index (χ2v) is 10.8. The number of nitrogens with zero attached hydrogens (tertiary/aromatic N) is 4. The van der Waals surface area contributed by atoms with Gasteiger partial charge in [0.25, 0.3) is 0 Å². The molecule has 2 atom stereocenters. The fraction of sp³-hybridized carbons (Fsp3) is 0.296. The van der Waals surface area contributed by atoms with Gasteiger partial charge in [0.1, 0.15) is 10.8 Å². The van der Waals surface area contributed by atoms with Gasteiger partial charge >= 0.3 is 0 Å². The standard InChI is InChI=1S/C27H26ClN5OS/c1-16-30-31-23-14-29-25(19-10-6-7-11-21(19)28)24-20-12-18(13-22(20)35-27(24)33(16)23)26(34)32(2)15-17-8-4-3-5-9-17/h3-11,18,25,29H,12-15H2,1-2H3/t18-,25-/m0/s1. The van der Waals surface area contributed by atoms with Crippen LogP contribution in [0.5, 0.6) is 0 Å². The lowest BCUT2D eigenvalue weighted by atomic mass is 9.94. The lowest BCUT2D eigenvalue weighted by Gasteiger charge is -2.22. The average Bonchev–Trinajstić information content (AvgIpc) is 3.50. The first kappa shape index (κ1) is 22.5. The number of rotatable bonds is 4. The Morgan fingerprint density at radius 1 is 1.14 bits per heavy atom. The van der Waals surface area contributed by atoms with Crippen LogP contribution in [0.2, 0.25) is 5.02 Å². The SMILES string of the molecule is Cc1nnc2n1-c1sc3c(c1[C@H](c1ccccc1Cl)NC2)C[C@H](C(=O)N(C)Cc1ccccc1)C3. The van der Waals surface area contributed by atoms with Crippen molar-refractivity contribution in [3.05, 3.63) is 98.4 Å². The Balaban J connectivity index is 1.36. The number of aromatic nitrogens is 3. The van der Waals surface area contributed by atoms with Gasteiger partial charge in [-0.25, -0.2) is 0 Å². The molecule has 1 aliphatic heterocycles. The number of carbonyl (C=O) groups excluding carboxylic acids is 1. The molecule has 8 heteroatoms. The summed E-state index contributed by atoms with van der Waals surface area (Å²) in [6, 6.07) is 18.1. The maximum absolute atomic E-state index is 13.4. The van der Waals surface area contributed by atoms with Crippen LogP contribution in [0.15, 0.2) is 54.6 Å². The van der Waals surface area contributed by atoms with Crippen LogP contribution in [0.25, 0.3) is 5.00 Å². The van der Waals surface area contributed by atoms with Gasteiger partial charge in [-0.15, -0.1) is 21.5 Å². The predicted molar refractivity (Wildman–Crippen MR) is 138 cm³/mol. The number of benzene rings is 2. The molecular formula is C27H26ClN5OS. The molecule has 0 fully saturated rings. The van der Waals surface area contributed by atoms with Crippen LogP contribution >= 0.6 is 22.9 Å². The third-order valence-electron chi connectivity index (χ3n) is 7.05. The molecule has 4 aromatic rings. The molecule has 178 valence electrons. The molecule has 1 aliphatic carbocycles. The van der Waals surface area contributed by atoms with Crippen molar-refractivity contribution in [1.29, 1.82) is 0 Å². The molecule has 6 nitrogen and oxygen atoms in total. The van der Waals surface area contributed by atoms with Crippen LogP contribution in [0.1, 0.15) is 44.8 Å². The molecule has 1 amide bonds. The van der Waals surface area contributed by atoms with Gasteiger partial charge in [0.05, 0.1) is 12.6 Å². The highest BCUT2D eigenvalue weighted by Crippen LogP contribution is 2.47. The highest BCUT2D eigenvalue weighted by atomic mass is 35.5. The maximum atomic E-state index is 13.4. The van der Waals surface area contributed by atoms with Crippen molar-refractivity contribution >= 4 is 28.8 Å². The van der Waals surface area contributed by atoms with E-state index in [1.165, 1.54) is 16.0 Å². The van der Waals surface area contributed by atoms with E-state index in [4.69, 9.17) is 11.6 Å². The second-order valence-electron chi connectivity index (χ2n) is 9.34. The highest BCUT2D eigenvalue weighted by Gasteiger charge is 2.39. The number of fused-ring (bicyclic) bond motifs is 5. The Bertz CT molecular complexity index is 1410. The maximum Gasteiger partial charge on any atom is 0.226 e. The molecule has 6 rings (SSSR count). The lowest BCUT2D eigenvalue weighted by Crippen LogP contribution is -2.33. The van der Waals surface area contributed by atoms with Gasteiger partial charge in [-0.3, -0.25) is 14.7 Å². The van der Waals surface area contributed by atoms with E-state index in [1.807, 2.05) is 55.3 Å². The Morgan fingerprint density at radius 2 is 1.91 bits per heavy atom. The van der Waals surface area contributed by atoms with E-state index >= 15 is 0 Å². The molecule has 0 saturated heterocycles. The van der Waals surface area contributed by atoms with E-state index in [9.17, 15) is 4.79 Å². The van der Waals surface area contributed by atoms with E-state index in [0.29, 0.717) is 13.1 Å². The van der Waals surface area contributed by atoms with Crippen molar-refractivity contribution in [3.8, 4) is 5.00 Å². The number of carbonyl (C=O) groups is 1. The number of hydrogen-bond acceptors (Lipinski definition) is 5. The topological polar surface area (TPSA) is 63.1 Å². The van der Waals surface area contributed by atoms with E-state index in [2.05, 4.69) is 38.3 Å². The summed E-state index contributed by atoms with van der Waals surface area (Å²) in [6.45, 7) is 3.20. The third kappa shape index (κ3) is 3.88. The van der Waals surface area contributed by atoms with Gasteiger partial charge in [0, 0.05) is 35.0 Å². The zero-order valence-electron chi connectivity index (χ0n) is 19.7. The van der Waals surface area contributed by atoms with Crippen molar-refractivity contribution in [1.82, 2.24) is 25.0 Å². The summed E-state index contributed by atoms with van der Waals surface area (Å²) in [5, 5.41) is 14.3. The Hall–Kier alpha value is -3.00. The van der Waals surface area contributed by atoms with Crippen molar-refractivity contribution in [2.24, 2.45) is 5.92 Å². The molecule has 0 saturated carbocycles. The van der Waals surface area contributed by atoms with Crippen LogP contribution in [0.3, 0.4) is 0 Å². The van der Waals surface area contributed by atoms with Gasteiger partial charge in [0.15, 0.2) is 5.82 Å². The van der Waals surface area contributed by atoms with Gasteiger partial charge in [-0.05, 0) is 42.5 Å². The minimum atomic E-state index is -0.0734. The van der Waals surface area contributed by atoms with Crippen LogP contribution in [0.4, 0.5) is 0 Å². The Morgan fingerprint density at radius 3 is 2.71 bits per heavy atom. The Labute approximate surface area is 213 Å². The first-order valence-corrected chi connectivity index (χ1v) is 13.0. The molecule has 2 aromatic heterocycles. The van der Waals surface area contributed by atoms with Gasteiger partial charge in [-0.1, -0.05) is 60.1 Å². The summed E-state index contributed by atoms with van der Waals surface area (Å²) >= 11 is 8.45. The number of hydrogen-bond donors (Lipinski definition) is 1. The van der Waals surface area contributed by atoms with Gasteiger partial charge in [0.2, 0.25) is 5.91 Å². The first-order chi connectivity index (χ1) is 17.0. The average molecular weight is 504 g/mol. The fourth-order valence-corrected chi connectivity index (χ4v) is 7.14. The number of aryl methyl sites for hydroxylation is 1. The molecule has 0 spiro atoms. The molecule has 1 N–H and O–H groups in total. The normalized spacial score (nSPS) is 18.5. The summed E-state index contributed by atoms with van der Waals surface area (Å²) in [4.78, 5) is 16.6. The van der Waals surface area contributed by atoms with Crippen LogP contribution in [0, 0.1) is 12.8 Å². The third-order valence-corrected chi connectivity index (χ3v) is 8.65. The molecular weight excluding hydrogens is 478 g/mol. The van der Waals surface area contributed by atoms with Gasteiger partial charge in [-0.2, -0.15) is 0 Å². The molecule has 2 aromatic carbocycles. The summed E-state index contributed by atoms with van der Waals surface area (Å²) < 4.78 is 2.17. The summed E-state index contributed by atoms with van der Waals surface area (Å²) in [5.41, 5.74) is 4.67. The van der Waals surface area contributed by atoms with Crippen LogP contribution < -0.4 is 5.32 Å². The second kappa shape index (κ2) is 8.90. The fourth-order valence-electron chi connectivity index (χ4n) is 5.38. The summed E-state index contributed by atoms with van der Waals surface area (Å²) in [7, 11) is 1.91.